The summed E-state index contributed by atoms with van der Waals surface area (Å²) in [6.45, 7) is 2.08. The standard InChI is InChI=1S/C17H17FN2O3/c1-11-12(8-10-23-11)16(21)19(2)15-7-9-20(17(15)22)14-6-4-3-5-13(14)18/h3-6,8,10,15H,7,9H2,1-2H3. The van der Waals surface area contributed by atoms with E-state index in [1.807, 2.05) is 0 Å². The molecule has 23 heavy (non-hydrogen) atoms. The zero-order valence-electron chi connectivity index (χ0n) is 13.0. The number of aryl methyl sites for hydroxylation is 1. The van der Waals surface area contributed by atoms with Crippen LogP contribution in [0.4, 0.5) is 10.1 Å². The number of carbonyl (C=O) groups is 2. The van der Waals surface area contributed by atoms with E-state index in [4.69, 9.17) is 4.42 Å². The van der Waals surface area contributed by atoms with Gasteiger partial charge in [0.2, 0.25) is 5.91 Å². The third kappa shape index (κ3) is 2.60. The van der Waals surface area contributed by atoms with Crippen LogP contribution in [0.1, 0.15) is 22.5 Å². The molecule has 1 saturated heterocycles. The van der Waals surface area contributed by atoms with Crippen molar-refractivity contribution < 1.29 is 18.4 Å². The van der Waals surface area contributed by atoms with Gasteiger partial charge in [0.1, 0.15) is 17.6 Å². The summed E-state index contributed by atoms with van der Waals surface area (Å²) in [7, 11) is 1.59. The summed E-state index contributed by atoms with van der Waals surface area (Å²) in [4.78, 5) is 27.9. The maximum atomic E-state index is 13.9. The molecule has 1 atom stereocenters. The molecule has 0 radical (unpaired) electrons. The van der Waals surface area contributed by atoms with Gasteiger partial charge in [-0.3, -0.25) is 9.59 Å². The molecule has 0 spiro atoms. The predicted molar refractivity (Wildman–Crippen MR) is 82.7 cm³/mol. The molecule has 0 N–H and O–H groups in total. The summed E-state index contributed by atoms with van der Waals surface area (Å²) in [6, 6.07) is 7.13. The highest BCUT2D eigenvalue weighted by atomic mass is 19.1. The number of hydrogen-bond acceptors (Lipinski definition) is 3. The molecule has 1 aromatic carbocycles. The van der Waals surface area contributed by atoms with Crippen molar-refractivity contribution in [3.63, 3.8) is 0 Å². The first-order chi connectivity index (χ1) is 11.0. The first kappa shape index (κ1) is 15.3. The van der Waals surface area contributed by atoms with Crippen LogP contribution >= 0.6 is 0 Å². The van der Waals surface area contributed by atoms with E-state index in [-0.39, 0.29) is 17.5 Å². The van der Waals surface area contributed by atoms with Gasteiger partial charge < -0.3 is 14.2 Å². The Morgan fingerprint density at radius 3 is 2.74 bits per heavy atom. The van der Waals surface area contributed by atoms with Crippen LogP contribution in [-0.4, -0.2) is 36.3 Å². The number of amides is 2. The van der Waals surface area contributed by atoms with Gasteiger partial charge in [0, 0.05) is 13.6 Å². The maximum absolute atomic E-state index is 13.9. The molecule has 2 heterocycles. The molecule has 0 bridgehead atoms. The van der Waals surface area contributed by atoms with Gasteiger partial charge in [0.15, 0.2) is 0 Å². The smallest absolute Gasteiger partial charge is 0.257 e. The van der Waals surface area contributed by atoms with Gasteiger partial charge in [0.25, 0.3) is 5.91 Å². The Balaban J connectivity index is 1.80. The SMILES string of the molecule is Cc1occc1C(=O)N(C)C1CCN(c2ccccc2F)C1=O. The minimum absolute atomic E-state index is 0.250. The summed E-state index contributed by atoms with van der Waals surface area (Å²) in [5, 5.41) is 0. The highest BCUT2D eigenvalue weighted by Crippen LogP contribution is 2.27. The van der Waals surface area contributed by atoms with Crippen LogP contribution in [-0.2, 0) is 4.79 Å². The average molecular weight is 316 g/mol. The van der Waals surface area contributed by atoms with Crippen molar-refractivity contribution in [2.24, 2.45) is 0 Å². The summed E-state index contributed by atoms with van der Waals surface area (Å²) >= 11 is 0. The second-order valence-corrected chi connectivity index (χ2v) is 5.55. The van der Waals surface area contributed by atoms with E-state index in [1.54, 1.807) is 38.2 Å². The third-order valence-corrected chi connectivity index (χ3v) is 4.20. The molecule has 1 unspecified atom stereocenters. The Morgan fingerprint density at radius 1 is 1.35 bits per heavy atom. The first-order valence-corrected chi connectivity index (χ1v) is 7.38. The molecule has 5 nitrogen and oxygen atoms in total. The number of benzene rings is 1. The summed E-state index contributed by atoms with van der Waals surface area (Å²) in [6.07, 6.45) is 1.91. The van der Waals surface area contributed by atoms with Crippen molar-refractivity contribution in [3.05, 3.63) is 53.7 Å². The van der Waals surface area contributed by atoms with Crippen LogP contribution in [0.5, 0.6) is 0 Å². The van der Waals surface area contributed by atoms with E-state index in [2.05, 4.69) is 0 Å². The molecular weight excluding hydrogens is 299 g/mol. The van der Waals surface area contributed by atoms with Gasteiger partial charge in [-0.1, -0.05) is 12.1 Å². The quantitative estimate of drug-likeness (QED) is 0.874. The topological polar surface area (TPSA) is 53.8 Å². The minimum atomic E-state index is -0.601. The zero-order valence-corrected chi connectivity index (χ0v) is 13.0. The van der Waals surface area contributed by atoms with Gasteiger partial charge in [0.05, 0.1) is 17.5 Å². The number of furan rings is 1. The second kappa shape index (κ2) is 5.87. The molecule has 2 aromatic rings. The van der Waals surface area contributed by atoms with Gasteiger partial charge in [-0.05, 0) is 31.5 Å². The molecule has 0 saturated carbocycles. The van der Waals surface area contributed by atoms with Crippen LogP contribution in [0.2, 0.25) is 0 Å². The number of rotatable bonds is 3. The molecule has 1 aliphatic rings. The lowest BCUT2D eigenvalue weighted by Crippen LogP contribution is -2.43. The number of hydrogen-bond donors (Lipinski definition) is 0. The van der Waals surface area contributed by atoms with Crippen molar-refractivity contribution in [3.8, 4) is 0 Å². The van der Waals surface area contributed by atoms with E-state index >= 15 is 0 Å². The fourth-order valence-corrected chi connectivity index (χ4v) is 2.87. The molecule has 1 aromatic heterocycles. The summed E-state index contributed by atoms with van der Waals surface area (Å²) < 4.78 is 19.0. The number of carbonyl (C=O) groups excluding carboxylic acids is 2. The molecular formula is C17H17FN2O3. The Bertz CT molecular complexity index is 756. The van der Waals surface area contributed by atoms with Gasteiger partial charge in [-0.15, -0.1) is 0 Å². The second-order valence-electron chi connectivity index (χ2n) is 5.55. The summed E-state index contributed by atoms with van der Waals surface area (Å²) in [5.41, 5.74) is 0.685. The number of likely N-dealkylation sites (N-methyl/N-ethyl adjacent to an activating group) is 1. The fourth-order valence-electron chi connectivity index (χ4n) is 2.87. The van der Waals surface area contributed by atoms with Crippen LogP contribution in [0.25, 0.3) is 0 Å². The Hall–Kier alpha value is -2.63. The molecule has 0 aliphatic carbocycles. The van der Waals surface area contributed by atoms with Gasteiger partial charge >= 0.3 is 0 Å². The molecule has 3 rings (SSSR count). The van der Waals surface area contributed by atoms with Crippen LogP contribution in [0.3, 0.4) is 0 Å². The van der Waals surface area contributed by atoms with Crippen LogP contribution in [0, 0.1) is 12.7 Å². The van der Waals surface area contributed by atoms with E-state index in [0.29, 0.717) is 24.3 Å². The first-order valence-electron chi connectivity index (χ1n) is 7.38. The number of para-hydroxylation sites is 1. The number of halogens is 1. The highest BCUT2D eigenvalue weighted by molar-refractivity contribution is 6.04. The summed E-state index contributed by atoms with van der Waals surface area (Å²) in [5.74, 6) is -0.475. The van der Waals surface area contributed by atoms with Crippen molar-refractivity contribution >= 4 is 17.5 Å². The van der Waals surface area contributed by atoms with Gasteiger partial charge in [-0.25, -0.2) is 4.39 Å². The molecule has 120 valence electrons. The zero-order chi connectivity index (χ0) is 16.6. The van der Waals surface area contributed by atoms with Crippen molar-refractivity contribution in [1.29, 1.82) is 0 Å². The normalized spacial score (nSPS) is 17.6. The van der Waals surface area contributed by atoms with E-state index in [1.165, 1.54) is 22.1 Å². The predicted octanol–water partition coefficient (Wildman–Crippen LogP) is 2.60. The van der Waals surface area contributed by atoms with Crippen LogP contribution < -0.4 is 4.90 Å². The fraction of sp³-hybridized carbons (Fsp3) is 0.294. The maximum Gasteiger partial charge on any atom is 0.257 e. The van der Waals surface area contributed by atoms with E-state index < -0.39 is 11.9 Å². The minimum Gasteiger partial charge on any atom is -0.469 e. The van der Waals surface area contributed by atoms with E-state index in [0.717, 1.165) is 0 Å². The lowest BCUT2D eigenvalue weighted by molar-refractivity contribution is -0.120. The Labute approximate surface area is 133 Å². The molecule has 2 amide bonds. The Morgan fingerprint density at radius 2 is 2.09 bits per heavy atom. The average Bonchev–Trinajstić information content (AvgIpc) is 3.12. The third-order valence-electron chi connectivity index (χ3n) is 4.20. The lowest BCUT2D eigenvalue weighted by atomic mass is 10.1. The molecule has 6 heteroatoms. The monoisotopic (exact) mass is 316 g/mol. The lowest BCUT2D eigenvalue weighted by Gasteiger charge is -2.24. The molecule has 1 aliphatic heterocycles. The van der Waals surface area contributed by atoms with Gasteiger partial charge in [-0.2, -0.15) is 0 Å². The number of nitrogens with zero attached hydrogens (tertiary/aromatic N) is 2. The van der Waals surface area contributed by atoms with Crippen LogP contribution in [0.15, 0.2) is 41.0 Å². The molecule has 1 fully saturated rings. The largest absolute Gasteiger partial charge is 0.469 e. The Kier molecular flexibility index (Phi) is 3.90. The van der Waals surface area contributed by atoms with Crippen molar-refractivity contribution in [1.82, 2.24) is 4.90 Å². The van der Waals surface area contributed by atoms with Crippen molar-refractivity contribution in [2.75, 3.05) is 18.5 Å². The number of anilines is 1. The van der Waals surface area contributed by atoms with E-state index in [9.17, 15) is 14.0 Å². The van der Waals surface area contributed by atoms with Crippen molar-refractivity contribution in [2.45, 2.75) is 19.4 Å². The highest BCUT2D eigenvalue weighted by Gasteiger charge is 2.38.